The third kappa shape index (κ3) is 0.897. The van der Waals surface area contributed by atoms with Crippen molar-refractivity contribution in [1.29, 1.82) is 0 Å². The third-order valence-corrected chi connectivity index (χ3v) is 1.69. The summed E-state index contributed by atoms with van der Waals surface area (Å²) in [5, 5.41) is 18.2. The van der Waals surface area contributed by atoms with E-state index in [0.717, 1.165) is 11.3 Å². The minimum absolute atomic E-state index is 0.0227. The van der Waals surface area contributed by atoms with Gasteiger partial charge in [0.25, 0.3) is 0 Å². The van der Waals surface area contributed by atoms with Gasteiger partial charge in [-0.25, -0.2) is 0 Å². The molecule has 56 valence electrons. The molecule has 1 atom stereocenters. The molecule has 3 nitrogen and oxygen atoms in total. The van der Waals surface area contributed by atoms with Crippen LogP contribution in [0.25, 0.3) is 0 Å². The molecule has 0 saturated carbocycles. The summed E-state index contributed by atoms with van der Waals surface area (Å²) in [6.07, 6.45) is 5.58. The fraction of sp³-hybridized carbons (Fsp3) is 0.125. The number of hydrogen-bond donors (Lipinski definition) is 2. The number of hydrogen-bond acceptors (Lipinski definition) is 3. The van der Waals surface area contributed by atoms with Gasteiger partial charge in [0.05, 0.1) is 5.70 Å². The van der Waals surface area contributed by atoms with E-state index in [2.05, 4.69) is 4.99 Å². The third-order valence-electron chi connectivity index (χ3n) is 1.69. The maximum atomic E-state index is 9.13. The minimum Gasteiger partial charge on any atom is -0.509 e. The topological polar surface area (TPSA) is 52.8 Å². The fourth-order valence-corrected chi connectivity index (χ4v) is 1.10. The number of nitrogens with zero attached hydrogens (tertiary/aromatic N) is 1. The lowest BCUT2D eigenvalue weighted by molar-refractivity contribution is 0.190. The van der Waals surface area contributed by atoms with Gasteiger partial charge in [-0.05, 0) is 18.2 Å². The maximum Gasteiger partial charge on any atom is 0.131 e. The highest BCUT2D eigenvalue weighted by Gasteiger charge is 2.17. The Labute approximate surface area is 63.7 Å². The standard InChI is InChI=1S/C8H7NO2/c10-7-3-5-1-2-9-6(5)4-8(7)11/h1-4,8,10-11H. The van der Waals surface area contributed by atoms with E-state index in [9.17, 15) is 0 Å². The number of aliphatic hydroxyl groups excluding tert-OH is 2. The first-order chi connectivity index (χ1) is 5.27. The molecule has 11 heavy (non-hydrogen) atoms. The van der Waals surface area contributed by atoms with E-state index >= 15 is 0 Å². The zero-order valence-electron chi connectivity index (χ0n) is 5.73. The molecule has 0 aromatic heterocycles. The van der Waals surface area contributed by atoms with Crippen LogP contribution in [-0.2, 0) is 0 Å². The summed E-state index contributed by atoms with van der Waals surface area (Å²) in [5.41, 5.74) is 1.59. The van der Waals surface area contributed by atoms with Gasteiger partial charge < -0.3 is 10.2 Å². The summed E-state index contributed by atoms with van der Waals surface area (Å²) < 4.78 is 0. The molecule has 0 aromatic carbocycles. The van der Waals surface area contributed by atoms with E-state index in [4.69, 9.17) is 10.2 Å². The van der Waals surface area contributed by atoms with Crippen molar-refractivity contribution in [3.63, 3.8) is 0 Å². The maximum absolute atomic E-state index is 9.13. The molecule has 0 spiro atoms. The average Bonchev–Trinajstić information content (AvgIpc) is 2.36. The second kappa shape index (κ2) is 2.07. The molecule has 0 amide bonds. The van der Waals surface area contributed by atoms with Gasteiger partial charge in [-0.3, -0.25) is 4.99 Å². The van der Waals surface area contributed by atoms with E-state index in [1.165, 1.54) is 12.2 Å². The van der Waals surface area contributed by atoms with E-state index in [1.807, 2.05) is 0 Å². The van der Waals surface area contributed by atoms with Crippen LogP contribution >= 0.6 is 0 Å². The van der Waals surface area contributed by atoms with Crippen LogP contribution < -0.4 is 0 Å². The van der Waals surface area contributed by atoms with Gasteiger partial charge in [-0.2, -0.15) is 0 Å². The van der Waals surface area contributed by atoms with Gasteiger partial charge in [0, 0.05) is 11.8 Å². The molecule has 0 bridgehead atoms. The summed E-state index contributed by atoms with van der Waals surface area (Å²) in [4.78, 5) is 3.97. The second-order valence-corrected chi connectivity index (χ2v) is 2.47. The largest absolute Gasteiger partial charge is 0.509 e. The van der Waals surface area contributed by atoms with Crippen LogP contribution in [-0.4, -0.2) is 22.5 Å². The molecule has 2 N–H and O–H groups in total. The number of rotatable bonds is 0. The zero-order valence-corrected chi connectivity index (χ0v) is 5.73. The van der Waals surface area contributed by atoms with Gasteiger partial charge in [-0.1, -0.05) is 0 Å². The van der Waals surface area contributed by atoms with Crippen molar-refractivity contribution in [2.45, 2.75) is 6.10 Å². The average molecular weight is 149 g/mol. The molecule has 1 aliphatic carbocycles. The lowest BCUT2D eigenvalue weighted by atomic mass is 10.0. The van der Waals surface area contributed by atoms with Crippen molar-refractivity contribution in [3.8, 4) is 0 Å². The molecule has 0 aromatic rings. The monoisotopic (exact) mass is 149 g/mol. The summed E-state index contributed by atoms with van der Waals surface area (Å²) in [6.45, 7) is 0. The molecule has 0 radical (unpaired) electrons. The minimum atomic E-state index is -0.891. The highest BCUT2D eigenvalue weighted by atomic mass is 16.3. The van der Waals surface area contributed by atoms with E-state index in [0.29, 0.717) is 0 Å². The molecule has 1 heterocycles. The van der Waals surface area contributed by atoms with Gasteiger partial charge in [0.15, 0.2) is 0 Å². The molecule has 1 unspecified atom stereocenters. The van der Waals surface area contributed by atoms with Crippen LogP contribution in [0.2, 0.25) is 0 Å². The Morgan fingerprint density at radius 1 is 1.45 bits per heavy atom. The predicted octanol–water partition coefficient (Wildman–Crippen LogP) is 0.698. The Kier molecular flexibility index (Phi) is 1.20. The zero-order chi connectivity index (χ0) is 7.84. The predicted molar refractivity (Wildman–Crippen MR) is 41.4 cm³/mol. The van der Waals surface area contributed by atoms with E-state index in [-0.39, 0.29) is 5.76 Å². The molecule has 3 heteroatoms. The Morgan fingerprint density at radius 3 is 3.09 bits per heavy atom. The van der Waals surface area contributed by atoms with Crippen molar-refractivity contribution in [3.05, 3.63) is 35.3 Å². The molecular formula is C8H7NO2. The van der Waals surface area contributed by atoms with Crippen molar-refractivity contribution in [2.24, 2.45) is 4.99 Å². The van der Waals surface area contributed by atoms with Crippen LogP contribution in [0, 0.1) is 0 Å². The normalized spacial score (nSPS) is 27.4. The number of allylic oxidation sites excluding steroid dienone is 2. The number of aliphatic imine (C=N–C) groups is 1. The van der Waals surface area contributed by atoms with Gasteiger partial charge in [0.2, 0.25) is 0 Å². The smallest absolute Gasteiger partial charge is 0.131 e. The van der Waals surface area contributed by atoms with Crippen LogP contribution in [0.5, 0.6) is 0 Å². The summed E-state index contributed by atoms with van der Waals surface area (Å²) in [6, 6.07) is 0. The van der Waals surface area contributed by atoms with Crippen LogP contribution in [0.3, 0.4) is 0 Å². The first-order valence-corrected chi connectivity index (χ1v) is 3.32. The highest BCUT2D eigenvalue weighted by Crippen LogP contribution is 2.24. The Morgan fingerprint density at radius 2 is 2.27 bits per heavy atom. The summed E-state index contributed by atoms with van der Waals surface area (Å²) >= 11 is 0. The molecular weight excluding hydrogens is 142 g/mol. The Hall–Kier alpha value is -1.35. The molecule has 2 aliphatic rings. The quantitative estimate of drug-likeness (QED) is 0.532. The molecule has 0 fully saturated rings. The fourth-order valence-electron chi connectivity index (χ4n) is 1.10. The van der Waals surface area contributed by atoms with Crippen LogP contribution in [0.15, 0.2) is 40.2 Å². The van der Waals surface area contributed by atoms with Gasteiger partial charge >= 0.3 is 0 Å². The van der Waals surface area contributed by atoms with Gasteiger partial charge in [0.1, 0.15) is 11.9 Å². The second-order valence-electron chi connectivity index (χ2n) is 2.47. The number of fused-ring (bicyclic) bond motifs is 1. The van der Waals surface area contributed by atoms with Crippen molar-refractivity contribution in [2.75, 3.05) is 0 Å². The Balaban J connectivity index is 2.43. The van der Waals surface area contributed by atoms with E-state index in [1.54, 1.807) is 12.3 Å². The van der Waals surface area contributed by atoms with E-state index < -0.39 is 6.10 Å². The molecule has 2 rings (SSSR count). The van der Waals surface area contributed by atoms with Crippen molar-refractivity contribution < 1.29 is 10.2 Å². The summed E-state index contributed by atoms with van der Waals surface area (Å²) in [7, 11) is 0. The molecule has 0 saturated heterocycles. The number of aliphatic hydroxyl groups is 2. The Bertz CT molecular complexity index is 310. The lowest BCUT2D eigenvalue weighted by Gasteiger charge is -2.11. The van der Waals surface area contributed by atoms with Crippen molar-refractivity contribution >= 4 is 6.21 Å². The lowest BCUT2D eigenvalue weighted by Crippen LogP contribution is -2.11. The van der Waals surface area contributed by atoms with Crippen LogP contribution in [0.1, 0.15) is 0 Å². The molecule has 1 aliphatic heterocycles. The highest BCUT2D eigenvalue weighted by molar-refractivity contribution is 5.81. The first kappa shape index (κ1) is 6.37. The summed E-state index contributed by atoms with van der Waals surface area (Å²) in [5.74, 6) is -0.0227. The first-order valence-electron chi connectivity index (χ1n) is 3.32. The van der Waals surface area contributed by atoms with Crippen LogP contribution in [0.4, 0.5) is 0 Å². The van der Waals surface area contributed by atoms with Crippen molar-refractivity contribution in [1.82, 2.24) is 0 Å². The SMILES string of the molecule is OC1=CC2=CC=NC2=CC1O. The van der Waals surface area contributed by atoms with Gasteiger partial charge in [-0.15, -0.1) is 0 Å².